The number of fused-ring (bicyclic) bond motifs is 1. The maximum Gasteiger partial charge on any atom is 0.573 e. The molecule has 2 saturated carbocycles. The number of rotatable bonds is 3. The second kappa shape index (κ2) is 10.2. The van der Waals surface area contributed by atoms with E-state index in [0.717, 1.165) is 37.8 Å². The first kappa shape index (κ1) is 24.3. The maximum atomic E-state index is 14.8. The normalized spacial score (nSPS) is 24.9. The van der Waals surface area contributed by atoms with Crippen LogP contribution in [0.1, 0.15) is 68.1 Å². The highest BCUT2D eigenvalue weighted by Gasteiger charge is 2.35. The molecule has 0 aromatic heterocycles. The van der Waals surface area contributed by atoms with Gasteiger partial charge in [0.1, 0.15) is 17.4 Å². The van der Waals surface area contributed by atoms with Crippen molar-refractivity contribution in [3.8, 4) is 17.6 Å². The van der Waals surface area contributed by atoms with Gasteiger partial charge in [0.2, 0.25) is 0 Å². The van der Waals surface area contributed by atoms with Crippen LogP contribution in [0.2, 0.25) is 0 Å². The Morgan fingerprint density at radius 2 is 1.53 bits per heavy atom. The van der Waals surface area contributed by atoms with Crippen molar-refractivity contribution in [3.63, 3.8) is 0 Å². The summed E-state index contributed by atoms with van der Waals surface area (Å²) in [4.78, 5) is 0. The van der Waals surface area contributed by atoms with Gasteiger partial charge in [0, 0.05) is 5.56 Å². The van der Waals surface area contributed by atoms with Crippen molar-refractivity contribution in [2.24, 2.45) is 17.8 Å². The topological polar surface area (TPSA) is 9.23 Å². The summed E-state index contributed by atoms with van der Waals surface area (Å²) in [6.07, 6.45) is 6.18. The molecule has 2 aromatic rings. The fourth-order valence-electron chi connectivity index (χ4n) is 5.50. The zero-order valence-corrected chi connectivity index (χ0v) is 19.0. The molecule has 2 fully saturated rings. The van der Waals surface area contributed by atoms with E-state index in [2.05, 4.69) is 35.7 Å². The van der Waals surface area contributed by atoms with Gasteiger partial charge in [0.15, 0.2) is 0 Å². The lowest BCUT2D eigenvalue weighted by molar-refractivity contribution is -0.274. The fourth-order valence-corrected chi connectivity index (χ4v) is 5.50. The van der Waals surface area contributed by atoms with E-state index >= 15 is 0 Å². The standard InChI is InChI=1S/C28H27F5O/c1-2-3-19-4-8-21-15-22(10-9-20(21)14-19)23-16-26(29)25(27(30)17-23)13-7-18-5-11-24(12-6-18)34-28(31,32)33/h2-3,5-6,11-12,16-17,19-22H,4,8-10,14-15H2,1H3/b3-2+. The Kier molecular flexibility index (Phi) is 7.30. The first-order valence-electron chi connectivity index (χ1n) is 11.7. The third-order valence-corrected chi connectivity index (χ3v) is 7.07. The number of benzene rings is 2. The van der Waals surface area contributed by atoms with Crippen LogP contribution in [0.3, 0.4) is 0 Å². The molecule has 0 radical (unpaired) electrons. The molecule has 180 valence electrons. The van der Waals surface area contributed by atoms with E-state index < -0.39 is 18.0 Å². The SMILES string of the molecule is C/C=C/C1CCC2CC(c3cc(F)c(C#Cc4ccc(OC(F)(F)F)cc4)c(F)c3)CCC2C1. The molecule has 4 unspecified atom stereocenters. The molecule has 0 amide bonds. The van der Waals surface area contributed by atoms with Gasteiger partial charge in [-0.2, -0.15) is 0 Å². The molecular weight excluding hydrogens is 447 g/mol. The van der Waals surface area contributed by atoms with Gasteiger partial charge in [-0.05, 0) is 111 Å². The fraction of sp³-hybridized carbons (Fsp3) is 0.429. The van der Waals surface area contributed by atoms with Gasteiger partial charge in [-0.25, -0.2) is 8.78 Å². The summed E-state index contributed by atoms with van der Waals surface area (Å²) in [5.41, 5.74) is 0.674. The zero-order valence-electron chi connectivity index (χ0n) is 19.0. The smallest absolute Gasteiger partial charge is 0.406 e. The number of ether oxygens (including phenoxy) is 1. The monoisotopic (exact) mass is 474 g/mol. The van der Waals surface area contributed by atoms with Crippen LogP contribution in [0.25, 0.3) is 0 Å². The third kappa shape index (κ3) is 6.00. The van der Waals surface area contributed by atoms with Crippen LogP contribution in [0.15, 0.2) is 48.6 Å². The van der Waals surface area contributed by atoms with Crippen LogP contribution < -0.4 is 4.74 Å². The minimum Gasteiger partial charge on any atom is -0.406 e. The van der Waals surface area contributed by atoms with Crippen LogP contribution in [-0.2, 0) is 0 Å². The van der Waals surface area contributed by atoms with Gasteiger partial charge in [-0.15, -0.1) is 13.2 Å². The molecule has 34 heavy (non-hydrogen) atoms. The Balaban J connectivity index is 1.44. The van der Waals surface area contributed by atoms with Gasteiger partial charge >= 0.3 is 6.36 Å². The van der Waals surface area contributed by atoms with Gasteiger partial charge in [0.25, 0.3) is 0 Å². The molecule has 6 heteroatoms. The lowest BCUT2D eigenvalue weighted by Crippen LogP contribution is -2.30. The highest BCUT2D eigenvalue weighted by Crippen LogP contribution is 2.48. The molecule has 1 nitrogen and oxygen atoms in total. The Labute approximate surface area is 197 Å². The van der Waals surface area contributed by atoms with Gasteiger partial charge in [0.05, 0.1) is 5.56 Å². The van der Waals surface area contributed by atoms with E-state index in [1.807, 2.05) is 0 Å². The summed E-state index contributed by atoms with van der Waals surface area (Å²) in [7, 11) is 0. The number of alkyl halides is 3. The van der Waals surface area contributed by atoms with E-state index in [9.17, 15) is 22.0 Å². The van der Waals surface area contributed by atoms with E-state index in [1.54, 1.807) is 0 Å². The molecule has 4 rings (SSSR count). The summed E-state index contributed by atoms with van der Waals surface area (Å²) in [6.45, 7) is 2.06. The van der Waals surface area contributed by atoms with Crippen LogP contribution in [0, 0.1) is 41.2 Å². The van der Waals surface area contributed by atoms with Crippen molar-refractivity contribution in [1.29, 1.82) is 0 Å². The van der Waals surface area contributed by atoms with Crippen LogP contribution in [-0.4, -0.2) is 6.36 Å². The minimum atomic E-state index is -4.79. The van der Waals surface area contributed by atoms with Crippen molar-refractivity contribution in [2.45, 2.75) is 57.7 Å². The van der Waals surface area contributed by atoms with E-state index in [0.29, 0.717) is 28.9 Å². The quantitative estimate of drug-likeness (QED) is 0.248. The summed E-state index contributed by atoms with van der Waals surface area (Å²) in [5.74, 6) is 5.40. The molecule has 0 N–H and O–H groups in total. The van der Waals surface area contributed by atoms with Crippen molar-refractivity contribution < 1.29 is 26.7 Å². The highest BCUT2D eigenvalue weighted by atomic mass is 19.4. The predicted molar refractivity (Wildman–Crippen MR) is 121 cm³/mol. The van der Waals surface area contributed by atoms with Gasteiger partial charge < -0.3 is 4.74 Å². The molecule has 2 aliphatic rings. The van der Waals surface area contributed by atoms with Crippen molar-refractivity contribution in [3.05, 3.63) is 76.9 Å². The van der Waals surface area contributed by atoms with Crippen LogP contribution in [0.4, 0.5) is 22.0 Å². The molecule has 0 aliphatic heterocycles. The average Bonchev–Trinajstić information content (AvgIpc) is 2.78. The van der Waals surface area contributed by atoms with Crippen LogP contribution in [0.5, 0.6) is 5.75 Å². The van der Waals surface area contributed by atoms with E-state index in [4.69, 9.17) is 0 Å². The molecule has 2 aromatic carbocycles. The number of hydrogen-bond acceptors (Lipinski definition) is 1. The Hall–Kier alpha value is -2.81. The molecular formula is C28H27F5O. The molecule has 0 saturated heterocycles. The Bertz CT molecular complexity index is 1070. The summed E-state index contributed by atoms with van der Waals surface area (Å²) >= 11 is 0. The third-order valence-electron chi connectivity index (χ3n) is 7.07. The highest BCUT2D eigenvalue weighted by molar-refractivity contribution is 5.46. The predicted octanol–water partition coefficient (Wildman–Crippen LogP) is 8.14. The van der Waals surface area contributed by atoms with Gasteiger partial charge in [-0.3, -0.25) is 0 Å². The largest absolute Gasteiger partial charge is 0.573 e. The second-order valence-corrected chi connectivity index (χ2v) is 9.31. The maximum absolute atomic E-state index is 14.8. The molecule has 0 bridgehead atoms. The average molecular weight is 475 g/mol. The van der Waals surface area contributed by atoms with E-state index in [1.165, 1.54) is 37.1 Å². The minimum absolute atomic E-state index is 0.145. The molecule has 0 heterocycles. The number of hydrogen-bond donors (Lipinski definition) is 0. The van der Waals surface area contributed by atoms with Crippen molar-refractivity contribution >= 4 is 0 Å². The number of allylic oxidation sites excluding steroid dienone is 2. The second-order valence-electron chi connectivity index (χ2n) is 9.31. The van der Waals surface area contributed by atoms with E-state index in [-0.39, 0.29) is 17.2 Å². The molecule has 0 spiro atoms. The lowest BCUT2D eigenvalue weighted by atomic mass is 9.64. The van der Waals surface area contributed by atoms with Crippen molar-refractivity contribution in [2.75, 3.05) is 0 Å². The Morgan fingerprint density at radius 3 is 2.18 bits per heavy atom. The van der Waals surface area contributed by atoms with Crippen molar-refractivity contribution in [1.82, 2.24) is 0 Å². The first-order chi connectivity index (χ1) is 16.2. The summed E-state index contributed by atoms with van der Waals surface area (Å²) in [5, 5.41) is 0. The lowest BCUT2D eigenvalue weighted by Gasteiger charge is -2.41. The first-order valence-corrected chi connectivity index (χ1v) is 11.7. The number of halogens is 5. The molecule has 4 atom stereocenters. The summed E-state index contributed by atoms with van der Waals surface area (Å²) in [6, 6.07) is 7.61. The summed E-state index contributed by atoms with van der Waals surface area (Å²) < 4.78 is 70.2. The molecule has 2 aliphatic carbocycles. The Morgan fingerprint density at radius 1 is 0.882 bits per heavy atom. The van der Waals surface area contributed by atoms with Crippen LogP contribution >= 0.6 is 0 Å². The zero-order chi connectivity index (χ0) is 24.3. The van der Waals surface area contributed by atoms with Gasteiger partial charge in [-0.1, -0.05) is 24.0 Å².